The molecule has 110 valence electrons. The van der Waals surface area contributed by atoms with E-state index in [1.54, 1.807) is 12.1 Å². The van der Waals surface area contributed by atoms with Crippen molar-refractivity contribution in [2.45, 2.75) is 25.2 Å². The van der Waals surface area contributed by atoms with Crippen molar-refractivity contribution in [2.24, 2.45) is 0 Å². The highest BCUT2D eigenvalue weighted by molar-refractivity contribution is 5.50. The normalized spacial score (nSPS) is 15.7. The summed E-state index contributed by atoms with van der Waals surface area (Å²) in [6.45, 7) is 3.92. The minimum atomic E-state index is -0.178. The van der Waals surface area contributed by atoms with Crippen LogP contribution in [0.25, 0.3) is 0 Å². The lowest BCUT2D eigenvalue weighted by molar-refractivity contribution is 0.620. The van der Waals surface area contributed by atoms with E-state index in [-0.39, 0.29) is 11.2 Å². The summed E-state index contributed by atoms with van der Waals surface area (Å²) >= 11 is 0. The molecule has 0 amide bonds. The number of likely N-dealkylation sites (N-methyl/N-ethyl adjacent to an activating group) is 1. The standard InChI is InChI=1S/C18H21FN2/c1-2-21(17-5-3-4-15(19)12-17)13-18(10-11-18)14-6-8-16(20)9-7-14/h3-9,12H,2,10-11,13,20H2,1H3. The maximum atomic E-state index is 13.4. The molecular weight excluding hydrogens is 263 g/mol. The fraction of sp³-hybridized carbons (Fsp3) is 0.333. The van der Waals surface area contributed by atoms with Gasteiger partial charge in [-0.1, -0.05) is 18.2 Å². The molecule has 1 saturated carbocycles. The Labute approximate surface area is 125 Å². The number of anilines is 2. The van der Waals surface area contributed by atoms with Gasteiger partial charge in [0.15, 0.2) is 0 Å². The summed E-state index contributed by atoms with van der Waals surface area (Å²) in [5, 5.41) is 0. The third-order valence-electron chi connectivity index (χ3n) is 4.43. The highest BCUT2D eigenvalue weighted by atomic mass is 19.1. The van der Waals surface area contributed by atoms with Gasteiger partial charge in [-0.15, -0.1) is 0 Å². The van der Waals surface area contributed by atoms with Crippen LogP contribution in [0.3, 0.4) is 0 Å². The lowest BCUT2D eigenvalue weighted by atomic mass is 9.95. The molecular formula is C18H21FN2. The van der Waals surface area contributed by atoms with Gasteiger partial charge in [0.1, 0.15) is 5.82 Å². The van der Waals surface area contributed by atoms with Crippen LogP contribution in [0.5, 0.6) is 0 Å². The number of benzene rings is 2. The van der Waals surface area contributed by atoms with Gasteiger partial charge in [-0.25, -0.2) is 4.39 Å². The zero-order chi connectivity index (χ0) is 14.9. The molecule has 3 rings (SSSR count). The van der Waals surface area contributed by atoms with Crippen molar-refractivity contribution in [1.82, 2.24) is 0 Å². The number of nitrogen functional groups attached to an aromatic ring is 1. The number of halogens is 1. The van der Waals surface area contributed by atoms with Crippen LogP contribution in [0.1, 0.15) is 25.3 Å². The minimum Gasteiger partial charge on any atom is -0.399 e. The van der Waals surface area contributed by atoms with Crippen molar-refractivity contribution in [2.75, 3.05) is 23.7 Å². The van der Waals surface area contributed by atoms with Gasteiger partial charge in [-0.2, -0.15) is 0 Å². The largest absolute Gasteiger partial charge is 0.399 e. The Bertz CT molecular complexity index is 617. The summed E-state index contributed by atoms with van der Waals surface area (Å²) in [4.78, 5) is 2.26. The first kappa shape index (κ1) is 13.9. The van der Waals surface area contributed by atoms with E-state index in [1.807, 2.05) is 18.2 Å². The Morgan fingerprint density at radius 2 is 1.86 bits per heavy atom. The molecule has 2 nitrogen and oxygen atoms in total. The van der Waals surface area contributed by atoms with Crippen LogP contribution in [-0.4, -0.2) is 13.1 Å². The lowest BCUT2D eigenvalue weighted by Crippen LogP contribution is -2.32. The summed E-state index contributed by atoms with van der Waals surface area (Å²) in [7, 11) is 0. The molecule has 3 heteroatoms. The molecule has 0 spiro atoms. The summed E-state index contributed by atoms with van der Waals surface area (Å²) in [6.07, 6.45) is 2.37. The van der Waals surface area contributed by atoms with Crippen molar-refractivity contribution in [1.29, 1.82) is 0 Å². The average molecular weight is 284 g/mol. The van der Waals surface area contributed by atoms with Crippen LogP contribution >= 0.6 is 0 Å². The molecule has 0 radical (unpaired) electrons. The Kier molecular flexibility index (Phi) is 3.58. The number of rotatable bonds is 5. The van der Waals surface area contributed by atoms with Gasteiger partial charge in [-0.05, 0) is 55.7 Å². The van der Waals surface area contributed by atoms with Gasteiger partial charge in [-0.3, -0.25) is 0 Å². The van der Waals surface area contributed by atoms with E-state index in [4.69, 9.17) is 5.73 Å². The predicted octanol–water partition coefficient (Wildman–Crippen LogP) is 3.97. The smallest absolute Gasteiger partial charge is 0.125 e. The second-order valence-electron chi connectivity index (χ2n) is 5.90. The highest BCUT2D eigenvalue weighted by Crippen LogP contribution is 2.49. The van der Waals surface area contributed by atoms with E-state index in [0.717, 1.165) is 24.5 Å². The maximum Gasteiger partial charge on any atom is 0.125 e. The van der Waals surface area contributed by atoms with Crippen molar-refractivity contribution in [3.63, 3.8) is 0 Å². The molecule has 0 aromatic heterocycles. The second-order valence-corrected chi connectivity index (χ2v) is 5.90. The zero-order valence-electron chi connectivity index (χ0n) is 12.3. The molecule has 2 aromatic rings. The van der Waals surface area contributed by atoms with Crippen LogP contribution in [0.2, 0.25) is 0 Å². The third-order valence-corrected chi connectivity index (χ3v) is 4.43. The third kappa shape index (κ3) is 2.87. The molecule has 1 aliphatic rings. The number of hydrogen-bond donors (Lipinski definition) is 1. The van der Waals surface area contributed by atoms with Crippen LogP contribution in [0, 0.1) is 5.82 Å². The van der Waals surface area contributed by atoms with E-state index >= 15 is 0 Å². The van der Waals surface area contributed by atoms with Gasteiger partial charge in [0.25, 0.3) is 0 Å². The minimum absolute atomic E-state index is 0.178. The second kappa shape index (κ2) is 5.40. The molecule has 0 heterocycles. The SMILES string of the molecule is CCN(CC1(c2ccc(N)cc2)CC1)c1cccc(F)c1. The van der Waals surface area contributed by atoms with E-state index in [1.165, 1.54) is 24.5 Å². The first-order valence-corrected chi connectivity index (χ1v) is 7.49. The molecule has 1 fully saturated rings. The Morgan fingerprint density at radius 3 is 2.43 bits per heavy atom. The fourth-order valence-corrected chi connectivity index (χ4v) is 2.95. The Hall–Kier alpha value is -2.03. The molecule has 0 bridgehead atoms. The summed E-state index contributed by atoms with van der Waals surface area (Å²) < 4.78 is 13.4. The molecule has 1 aliphatic carbocycles. The van der Waals surface area contributed by atoms with Crippen molar-refractivity contribution < 1.29 is 4.39 Å². The monoisotopic (exact) mass is 284 g/mol. The summed E-state index contributed by atoms with van der Waals surface area (Å²) in [5.41, 5.74) is 9.07. The van der Waals surface area contributed by atoms with Gasteiger partial charge >= 0.3 is 0 Å². The van der Waals surface area contributed by atoms with Crippen molar-refractivity contribution in [3.8, 4) is 0 Å². The Balaban J connectivity index is 1.82. The summed E-state index contributed by atoms with van der Waals surface area (Å²) in [6, 6.07) is 15.0. The highest BCUT2D eigenvalue weighted by Gasteiger charge is 2.45. The molecule has 0 unspecified atom stereocenters. The molecule has 21 heavy (non-hydrogen) atoms. The van der Waals surface area contributed by atoms with Gasteiger partial charge in [0.05, 0.1) is 0 Å². The Morgan fingerprint density at radius 1 is 1.14 bits per heavy atom. The van der Waals surface area contributed by atoms with Gasteiger partial charge in [0.2, 0.25) is 0 Å². The number of nitrogens with two attached hydrogens (primary N) is 1. The van der Waals surface area contributed by atoms with E-state index in [2.05, 4.69) is 24.0 Å². The lowest BCUT2D eigenvalue weighted by Gasteiger charge is -2.29. The van der Waals surface area contributed by atoms with Crippen LogP contribution < -0.4 is 10.6 Å². The van der Waals surface area contributed by atoms with Crippen LogP contribution in [0.15, 0.2) is 48.5 Å². The topological polar surface area (TPSA) is 29.3 Å². The summed E-state index contributed by atoms with van der Waals surface area (Å²) in [5.74, 6) is -0.178. The van der Waals surface area contributed by atoms with E-state index < -0.39 is 0 Å². The van der Waals surface area contributed by atoms with Crippen LogP contribution in [-0.2, 0) is 5.41 Å². The van der Waals surface area contributed by atoms with Crippen molar-refractivity contribution >= 4 is 11.4 Å². The van der Waals surface area contributed by atoms with E-state index in [9.17, 15) is 4.39 Å². The number of hydrogen-bond acceptors (Lipinski definition) is 2. The quantitative estimate of drug-likeness (QED) is 0.842. The molecule has 2 N–H and O–H groups in total. The molecule has 2 aromatic carbocycles. The van der Waals surface area contributed by atoms with Gasteiger partial charge < -0.3 is 10.6 Å². The first-order chi connectivity index (χ1) is 10.1. The zero-order valence-corrected chi connectivity index (χ0v) is 12.3. The average Bonchev–Trinajstić information content (AvgIpc) is 3.26. The molecule has 0 saturated heterocycles. The molecule has 0 aliphatic heterocycles. The fourth-order valence-electron chi connectivity index (χ4n) is 2.95. The first-order valence-electron chi connectivity index (χ1n) is 7.49. The predicted molar refractivity (Wildman–Crippen MR) is 86.1 cm³/mol. The van der Waals surface area contributed by atoms with Crippen molar-refractivity contribution in [3.05, 3.63) is 59.9 Å². The molecule has 0 atom stereocenters. The van der Waals surface area contributed by atoms with Crippen LogP contribution in [0.4, 0.5) is 15.8 Å². The van der Waals surface area contributed by atoms with Gasteiger partial charge in [0, 0.05) is 29.9 Å². The maximum absolute atomic E-state index is 13.4. The number of nitrogens with zero attached hydrogens (tertiary/aromatic N) is 1. The van der Waals surface area contributed by atoms with E-state index in [0.29, 0.717) is 0 Å².